The fourth-order valence-electron chi connectivity index (χ4n) is 0.763. The summed E-state index contributed by atoms with van der Waals surface area (Å²) in [6, 6.07) is 0. The highest BCUT2D eigenvalue weighted by Crippen LogP contribution is 1.89. The Bertz CT molecular complexity index is 114. The van der Waals surface area contributed by atoms with Crippen molar-refractivity contribution in [1.29, 1.82) is 0 Å². The predicted octanol–water partition coefficient (Wildman–Crippen LogP) is -2.38. The van der Waals surface area contributed by atoms with Gasteiger partial charge < -0.3 is 11.1 Å². The number of amides is 1. The number of nitrogens with one attached hydrogen (secondary N) is 2. The zero-order valence-electron chi connectivity index (χ0n) is 4.92. The SMILES string of the molecule is NC1CC(=O)NC(N)N1. The molecule has 1 rings (SSSR count). The standard InChI is InChI=1S/C4H10N4O/c5-2-1-3(9)8-4(6)7-2/h2,4,7H,1,5-6H2,(H,8,9). The van der Waals surface area contributed by atoms with Crippen LogP contribution in [0, 0.1) is 0 Å². The van der Waals surface area contributed by atoms with Crippen LogP contribution in [0.15, 0.2) is 0 Å². The van der Waals surface area contributed by atoms with Gasteiger partial charge in [0.1, 0.15) is 6.29 Å². The van der Waals surface area contributed by atoms with Crippen LogP contribution in [0.25, 0.3) is 0 Å². The Balaban J connectivity index is 2.43. The lowest BCUT2D eigenvalue weighted by Crippen LogP contribution is -2.63. The van der Waals surface area contributed by atoms with E-state index >= 15 is 0 Å². The average molecular weight is 130 g/mol. The number of carbonyl (C=O) groups excluding carboxylic acids is 1. The Hall–Kier alpha value is -0.650. The minimum atomic E-state index is -0.485. The molecule has 1 heterocycles. The Morgan fingerprint density at radius 3 is 2.67 bits per heavy atom. The topological polar surface area (TPSA) is 93.2 Å². The van der Waals surface area contributed by atoms with E-state index in [9.17, 15) is 4.79 Å². The maximum absolute atomic E-state index is 10.6. The molecule has 0 aromatic rings. The molecule has 1 fully saturated rings. The van der Waals surface area contributed by atoms with Crippen LogP contribution in [0.1, 0.15) is 6.42 Å². The van der Waals surface area contributed by atoms with E-state index in [-0.39, 0.29) is 12.1 Å². The van der Waals surface area contributed by atoms with Crippen molar-refractivity contribution in [2.24, 2.45) is 11.5 Å². The summed E-state index contributed by atoms with van der Waals surface area (Å²) in [6.45, 7) is 0. The second-order valence-corrected chi connectivity index (χ2v) is 2.02. The van der Waals surface area contributed by atoms with Gasteiger partial charge in [-0.15, -0.1) is 0 Å². The van der Waals surface area contributed by atoms with Gasteiger partial charge in [-0.25, -0.2) is 0 Å². The van der Waals surface area contributed by atoms with Crippen molar-refractivity contribution >= 4 is 5.91 Å². The van der Waals surface area contributed by atoms with Gasteiger partial charge in [-0.2, -0.15) is 0 Å². The van der Waals surface area contributed by atoms with Crippen LogP contribution in [-0.2, 0) is 4.79 Å². The first-order chi connectivity index (χ1) is 4.18. The molecule has 1 amide bonds. The minimum Gasteiger partial charge on any atom is -0.328 e. The van der Waals surface area contributed by atoms with Crippen molar-refractivity contribution in [3.63, 3.8) is 0 Å². The Kier molecular flexibility index (Phi) is 1.65. The van der Waals surface area contributed by atoms with Crippen molar-refractivity contribution in [3.05, 3.63) is 0 Å². The fraction of sp³-hybridized carbons (Fsp3) is 0.750. The highest BCUT2D eigenvalue weighted by molar-refractivity contribution is 5.77. The third-order valence-electron chi connectivity index (χ3n) is 1.12. The summed E-state index contributed by atoms with van der Waals surface area (Å²) in [7, 11) is 0. The van der Waals surface area contributed by atoms with Gasteiger partial charge in [0.2, 0.25) is 5.91 Å². The first-order valence-electron chi connectivity index (χ1n) is 2.75. The number of rotatable bonds is 0. The van der Waals surface area contributed by atoms with Crippen LogP contribution in [0.3, 0.4) is 0 Å². The molecule has 0 aromatic heterocycles. The van der Waals surface area contributed by atoms with Crippen LogP contribution >= 0.6 is 0 Å². The van der Waals surface area contributed by atoms with Crippen molar-refractivity contribution in [2.75, 3.05) is 0 Å². The average Bonchev–Trinajstić information content (AvgIpc) is 1.59. The molecule has 5 heteroatoms. The molecule has 0 radical (unpaired) electrons. The predicted molar refractivity (Wildman–Crippen MR) is 31.8 cm³/mol. The molecule has 52 valence electrons. The molecule has 0 saturated carbocycles. The summed E-state index contributed by atoms with van der Waals surface area (Å²) < 4.78 is 0. The van der Waals surface area contributed by atoms with Gasteiger partial charge in [-0.1, -0.05) is 0 Å². The summed E-state index contributed by atoms with van der Waals surface area (Å²) in [4.78, 5) is 10.6. The molecule has 0 bridgehead atoms. The molecule has 2 unspecified atom stereocenters. The van der Waals surface area contributed by atoms with Gasteiger partial charge in [-0.05, 0) is 0 Å². The molecule has 1 saturated heterocycles. The monoisotopic (exact) mass is 130 g/mol. The van der Waals surface area contributed by atoms with Crippen LogP contribution < -0.4 is 22.1 Å². The van der Waals surface area contributed by atoms with Gasteiger partial charge in [0.15, 0.2) is 0 Å². The largest absolute Gasteiger partial charge is 0.328 e. The Morgan fingerprint density at radius 2 is 2.22 bits per heavy atom. The highest BCUT2D eigenvalue weighted by atomic mass is 16.2. The molecule has 9 heavy (non-hydrogen) atoms. The number of nitrogens with two attached hydrogens (primary N) is 2. The lowest BCUT2D eigenvalue weighted by Gasteiger charge is -2.25. The maximum atomic E-state index is 10.6. The van der Waals surface area contributed by atoms with E-state index in [4.69, 9.17) is 11.5 Å². The smallest absolute Gasteiger partial charge is 0.225 e. The molecule has 1 aliphatic rings. The molecule has 1 aliphatic heterocycles. The maximum Gasteiger partial charge on any atom is 0.225 e. The second kappa shape index (κ2) is 2.30. The first kappa shape index (κ1) is 6.47. The fourth-order valence-corrected chi connectivity index (χ4v) is 0.763. The van der Waals surface area contributed by atoms with E-state index in [1.54, 1.807) is 0 Å². The molecule has 0 aliphatic carbocycles. The van der Waals surface area contributed by atoms with E-state index in [0.29, 0.717) is 6.42 Å². The Morgan fingerprint density at radius 1 is 1.56 bits per heavy atom. The molecular formula is C4H10N4O. The molecule has 2 atom stereocenters. The summed E-state index contributed by atoms with van der Waals surface area (Å²) >= 11 is 0. The zero-order chi connectivity index (χ0) is 6.85. The van der Waals surface area contributed by atoms with Crippen molar-refractivity contribution < 1.29 is 4.79 Å². The Labute approximate surface area is 52.8 Å². The van der Waals surface area contributed by atoms with Gasteiger partial charge >= 0.3 is 0 Å². The van der Waals surface area contributed by atoms with Crippen LogP contribution in [0.5, 0.6) is 0 Å². The van der Waals surface area contributed by atoms with E-state index in [1.165, 1.54) is 0 Å². The van der Waals surface area contributed by atoms with E-state index in [0.717, 1.165) is 0 Å². The number of hydrogen-bond acceptors (Lipinski definition) is 4. The van der Waals surface area contributed by atoms with Gasteiger partial charge in [0.25, 0.3) is 0 Å². The summed E-state index contributed by atoms with van der Waals surface area (Å²) in [5, 5.41) is 5.19. The molecule has 5 nitrogen and oxygen atoms in total. The molecule has 0 spiro atoms. The van der Waals surface area contributed by atoms with Crippen molar-refractivity contribution in [2.45, 2.75) is 18.9 Å². The van der Waals surface area contributed by atoms with E-state index in [2.05, 4.69) is 10.6 Å². The quantitative estimate of drug-likeness (QED) is 0.294. The van der Waals surface area contributed by atoms with Crippen LogP contribution in [0.4, 0.5) is 0 Å². The number of hydrogen-bond donors (Lipinski definition) is 4. The van der Waals surface area contributed by atoms with E-state index < -0.39 is 6.29 Å². The van der Waals surface area contributed by atoms with Gasteiger partial charge in [0.05, 0.1) is 12.6 Å². The van der Waals surface area contributed by atoms with Crippen molar-refractivity contribution in [3.8, 4) is 0 Å². The molecular weight excluding hydrogens is 120 g/mol. The minimum absolute atomic E-state index is 0.103. The second-order valence-electron chi connectivity index (χ2n) is 2.02. The summed E-state index contributed by atoms with van der Waals surface area (Å²) in [5.41, 5.74) is 10.7. The van der Waals surface area contributed by atoms with Crippen LogP contribution in [0.2, 0.25) is 0 Å². The van der Waals surface area contributed by atoms with Crippen LogP contribution in [-0.4, -0.2) is 18.4 Å². The summed E-state index contributed by atoms with van der Waals surface area (Å²) in [5.74, 6) is -0.103. The normalized spacial score (nSPS) is 36.0. The molecule has 0 aromatic carbocycles. The van der Waals surface area contributed by atoms with Gasteiger partial charge in [0, 0.05) is 0 Å². The zero-order valence-corrected chi connectivity index (χ0v) is 4.92. The van der Waals surface area contributed by atoms with E-state index in [1.807, 2.05) is 0 Å². The van der Waals surface area contributed by atoms with Crippen molar-refractivity contribution in [1.82, 2.24) is 10.6 Å². The van der Waals surface area contributed by atoms with Gasteiger partial charge in [-0.3, -0.25) is 15.8 Å². The third-order valence-corrected chi connectivity index (χ3v) is 1.12. The summed E-state index contributed by atoms with van der Waals surface area (Å²) in [6.07, 6.45) is -0.483. The highest BCUT2D eigenvalue weighted by Gasteiger charge is 2.19. The first-order valence-corrected chi connectivity index (χ1v) is 2.75. The number of carbonyl (C=O) groups is 1. The molecule has 6 N–H and O–H groups in total. The lowest BCUT2D eigenvalue weighted by atomic mass is 10.3. The lowest BCUT2D eigenvalue weighted by molar-refractivity contribution is -0.124. The third kappa shape index (κ3) is 1.63.